The van der Waals surface area contributed by atoms with Crippen molar-refractivity contribution in [2.45, 2.75) is 32.6 Å². The highest BCUT2D eigenvalue weighted by Crippen LogP contribution is 2.18. The number of nitrogens with one attached hydrogen (secondary N) is 2. The normalized spacial score (nSPS) is 10.2. The second-order valence-electron chi connectivity index (χ2n) is 5.83. The van der Waals surface area contributed by atoms with Gasteiger partial charge in [0.2, 0.25) is 0 Å². The maximum absolute atomic E-state index is 12.3. The van der Waals surface area contributed by atoms with E-state index in [-0.39, 0.29) is 11.0 Å². The van der Waals surface area contributed by atoms with Crippen molar-refractivity contribution < 1.29 is 9.53 Å². The van der Waals surface area contributed by atoms with Gasteiger partial charge in [0, 0.05) is 16.2 Å². The minimum absolute atomic E-state index is 0.242. The molecule has 0 aliphatic rings. The van der Waals surface area contributed by atoms with Crippen LogP contribution in [0.15, 0.2) is 53.0 Å². The predicted octanol–water partition coefficient (Wildman–Crippen LogP) is 5.54. The van der Waals surface area contributed by atoms with Crippen molar-refractivity contribution in [2.24, 2.45) is 0 Å². The number of halogens is 1. The second-order valence-corrected chi connectivity index (χ2v) is 7.09. The highest BCUT2D eigenvalue weighted by atomic mass is 79.9. The Labute approximate surface area is 168 Å². The molecule has 0 aromatic heterocycles. The number of unbranched alkanes of at least 4 members (excludes halogenated alkanes) is 3. The molecule has 0 aliphatic heterocycles. The van der Waals surface area contributed by atoms with E-state index in [0.29, 0.717) is 12.2 Å². The summed E-state index contributed by atoms with van der Waals surface area (Å²) in [6, 6.07) is 14.7. The molecule has 0 saturated carbocycles. The van der Waals surface area contributed by atoms with E-state index < -0.39 is 0 Å². The summed E-state index contributed by atoms with van der Waals surface area (Å²) in [6.07, 6.45) is 4.67. The topological polar surface area (TPSA) is 50.4 Å². The maximum atomic E-state index is 12.3. The van der Waals surface area contributed by atoms with Crippen LogP contribution >= 0.6 is 28.1 Å². The largest absolute Gasteiger partial charge is 0.494 e. The van der Waals surface area contributed by atoms with E-state index in [1.807, 2.05) is 36.4 Å². The Morgan fingerprint density at radius 1 is 1.12 bits per heavy atom. The number of rotatable bonds is 8. The van der Waals surface area contributed by atoms with Gasteiger partial charge in [-0.05, 0) is 58.8 Å². The minimum Gasteiger partial charge on any atom is -0.494 e. The van der Waals surface area contributed by atoms with Gasteiger partial charge in [-0.2, -0.15) is 0 Å². The third kappa shape index (κ3) is 6.77. The number of hydrogen-bond acceptors (Lipinski definition) is 3. The fourth-order valence-corrected chi connectivity index (χ4v) is 3.04. The quantitative estimate of drug-likeness (QED) is 0.423. The summed E-state index contributed by atoms with van der Waals surface area (Å²) in [4.78, 5) is 12.3. The van der Waals surface area contributed by atoms with Gasteiger partial charge in [0.25, 0.3) is 5.91 Å². The van der Waals surface area contributed by atoms with Crippen LogP contribution < -0.4 is 15.4 Å². The molecule has 0 spiro atoms. The highest BCUT2D eigenvalue weighted by Gasteiger charge is 2.11. The molecule has 6 heteroatoms. The molecule has 0 radical (unpaired) electrons. The molecule has 0 unspecified atom stereocenters. The second kappa shape index (κ2) is 10.9. The van der Waals surface area contributed by atoms with E-state index in [1.165, 1.54) is 19.3 Å². The summed E-state index contributed by atoms with van der Waals surface area (Å²) in [5, 5.41) is 5.94. The number of amides is 1. The van der Waals surface area contributed by atoms with Gasteiger partial charge < -0.3 is 10.1 Å². The summed E-state index contributed by atoms with van der Waals surface area (Å²) < 4.78 is 6.49. The van der Waals surface area contributed by atoms with Gasteiger partial charge in [-0.1, -0.05) is 44.4 Å². The lowest BCUT2D eigenvalue weighted by Crippen LogP contribution is -2.34. The van der Waals surface area contributed by atoms with Crippen molar-refractivity contribution in [3.63, 3.8) is 0 Å². The summed E-state index contributed by atoms with van der Waals surface area (Å²) in [7, 11) is 0. The SMILES string of the molecule is CCCCCCOc1cccc(NC(=S)NC(=O)c2ccccc2Br)c1. The molecule has 0 atom stereocenters. The van der Waals surface area contributed by atoms with Crippen LogP contribution in [0.4, 0.5) is 5.69 Å². The van der Waals surface area contributed by atoms with Crippen LogP contribution in [-0.4, -0.2) is 17.6 Å². The van der Waals surface area contributed by atoms with Crippen molar-refractivity contribution in [3.8, 4) is 5.75 Å². The number of benzene rings is 2. The number of carbonyl (C=O) groups excluding carboxylic acids is 1. The molecule has 0 fully saturated rings. The lowest BCUT2D eigenvalue weighted by atomic mass is 10.2. The summed E-state index contributed by atoms with van der Waals surface area (Å²) in [5.41, 5.74) is 1.30. The van der Waals surface area contributed by atoms with Crippen LogP contribution in [0, 0.1) is 0 Å². The van der Waals surface area contributed by atoms with E-state index in [1.54, 1.807) is 12.1 Å². The zero-order chi connectivity index (χ0) is 18.8. The van der Waals surface area contributed by atoms with E-state index >= 15 is 0 Å². The van der Waals surface area contributed by atoms with E-state index in [2.05, 4.69) is 33.5 Å². The Bertz CT molecular complexity index is 752. The molecule has 26 heavy (non-hydrogen) atoms. The van der Waals surface area contributed by atoms with Crippen molar-refractivity contribution >= 4 is 44.9 Å². The van der Waals surface area contributed by atoms with Crippen LogP contribution in [0.5, 0.6) is 5.75 Å². The average molecular weight is 435 g/mol. The lowest BCUT2D eigenvalue weighted by molar-refractivity contribution is 0.0977. The van der Waals surface area contributed by atoms with Gasteiger partial charge in [-0.3, -0.25) is 10.1 Å². The molecule has 1 amide bonds. The fraction of sp³-hybridized carbons (Fsp3) is 0.300. The third-order valence-corrected chi connectivity index (χ3v) is 4.60. The number of anilines is 1. The van der Waals surface area contributed by atoms with E-state index in [4.69, 9.17) is 17.0 Å². The van der Waals surface area contributed by atoms with Crippen LogP contribution in [0.1, 0.15) is 43.0 Å². The number of thiocarbonyl (C=S) groups is 1. The molecule has 0 heterocycles. The molecule has 2 aromatic rings. The van der Waals surface area contributed by atoms with Crippen molar-refractivity contribution in [1.82, 2.24) is 5.32 Å². The maximum Gasteiger partial charge on any atom is 0.258 e. The van der Waals surface area contributed by atoms with Gasteiger partial charge in [0.1, 0.15) is 5.75 Å². The first-order valence-corrected chi connectivity index (χ1v) is 9.90. The van der Waals surface area contributed by atoms with Gasteiger partial charge in [-0.15, -0.1) is 0 Å². The van der Waals surface area contributed by atoms with Crippen LogP contribution in [0.3, 0.4) is 0 Å². The molecule has 2 N–H and O–H groups in total. The van der Waals surface area contributed by atoms with Crippen molar-refractivity contribution in [3.05, 3.63) is 58.6 Å². The molecular formula is C20H23BrN2O2S. The monoisotopic (exact) mass is 434 g/mol. The zero-order valence-corrected chi connectivity index (χ0v) is 17.2. The highest BCUT2D eigenvalue weighted by molar-refractivity contribution is 9.10. The first-order chi connectivity index (χ1) is 12.6. The third-order valence-electron chi connectivity index (χ3n) is 3.70. The van der Waals surface area contributed by atoms with Gasteiger partial charge in [0.15, 0.2) is 5.11 Å². The average Bonchev–Trinajstić information content (AvgIpc) is 2.62. The Morgan fingerprint density at radius 3 is 2.69 bits per heavy atom. The predicted molar refractivity (Wildman–Crippen MR) is 114 cm³/mol. The summed E-state index contributed by atoms with van der Waals surface area (Å²) >= 11 is 8.60. The summed E-state index contributed by atoms with van der Waals surface area (Å²) in [6.45, 7) is 2.89. The molecule has 0 aliphatic carbocycles. The van der Waals surface area contributed by atoms with Crippen molar-refractivity contribution in [2.75, 3.05) is 11.9 Å². The zero-order valence-electron chi connectivity index (χ0n) is 14.8. The number of hydrogen-bond donors (Lipinski definition) is 2. The minimum atomic E-state index is -0.265. The van der Waals surface area contributed by atoms with Gasteiger partial charge in [0.05, 0.1) is 12.2 Å². The lowest BCUT2D eigenvalue weighted by Gasteiger charge is -2.12. The molecule has 0 bridgehead atoms. The first-order valence-electron chi connectivity index (χ1n) is 8.70. The molecular weight excluding hydrogens is 412 g/mol. The van der Waals surface area contributed by atoms with Crippen LogP contribution in [0.2, 0.25) is 0 Å². The van der Waals surface area contributed by atoms with E-state index in [0.717, 1.165) is 22.3 Å². The molecule has 138 valence electrons. The summed E-state index contributed by atoms with van der Waals surface area (Å²) in [5.74, 6) is 0.518. The molecule has 2 rings (SSSR count). The van der Waals surface area contributed by atoms with Gasteiger partial charge in [-0.25, -0.2) is 0 Å². The molecule has 4 nitrogen and oxygen atoms in total. The molecule has 0 saturated heterocycles. The Kier molecular flexibility index (Phi) is 8.58. The standard InChI is InChI=1S/C20H23BrN2O2S/c1-2-3-4-7-13-25-16-10-8-9-15(14-16)22-20(26)23-19(24)17-11-5-6-12-18(17)21/h5-6,8-12,14H,2-4,7,13H2,1H3,(H2,22,23,24,26). The fourth-order valence-electron chi connectivity index (χ4n) is 2.36. The Hall–Kier alpha value is -1.92. The Balaban J connectivity index is 1.86. The van der Waals surface area contributed by atoms with Gasteiger partial charge >= 0.3 is 0 Å². The Morgan fingerprint density at radius 2 is 1.92 bits per heavy atom. The molecule has 2 aromatic carbocycles. The smallest absolute Gasteiger partial charge is 0.258 e. The number of carbonyl (C=O) groups is 1. The number of ether oxygens (including phenoxy) is 1. The van der Waals surface area contributed by atoms with Crippen molar-refractivity contribution in [1.29, 1.82) is 0 Å². The van der Waals surface area contributed by atoms with Crippen LogP contribution in [0.25, 0.3) is 0 Å². The van der Waals surface area contributed by atoms with E-state index in [9.17, 15) is 4.79 Å². The van der Waals surface area contributed by atoms with Crippen LogP contribution in [-0.2, 0) is 0 Å². The first kappa shape index (κ1) is 20.4.